The van der Waals surface area contributed by atoms with Crippen LogP contribution in [0.25, 0.3) is 0 Å². The summed E-state index contributed by atoms with van der Waals surface area (Å²) in [5, 5.41) is 4.03. The first-order valence-electron chi connectivity index (χ1n) is 9.28. The number of nitrogens with one attached hydrogen (secondary N) is 1. The van der Waals surface area contributed by atoms with Crippen LogP contribution in [-0.4, -0.2) is 49.5 Å². The Balaban J connectivity index is 1.73. The number of piperazine rings is 1. The summed E-state index contributed by atoms with van der Waals surface area (Å²) >= 11 is 6.19. The van der Waals surface area contributed by atoms with Gasteiger partial charge in [0.25, 0.3) is 0 Å². The van der Waals surface area contributed by atoms with E-state index >= 15 is 0 Å². The summed E-state index contributed by atoms with van der Waals surface area (Å²) in [6.45, 7) is 4.04. The second-order valence-electron chi connectivity index (χ2n) is 6.96. The standard InChI is InChI=1S/C21H22ClN3O3/c1-13(21(26)27-2)17-12-25(10-9-23-17)20-15-5-3-4-6-18(15)28-19-8-7-14(22)11-16(19)24-20/h3-8,11,13,17,23H,9-10,12H2,1-2H3. The van der Waals surface area contributed by atoms with Gasteiger partial charge in [0.2, 0.25) is 0 Å². The molecule has 2 unspecified atom stereocenters. The molecule has 6 nitrogen and oxygen atoms in total. The average molecular weight is 400 g/mol. The first-order valence-corrected chi connectivity index (χ1v) is 9.66. The maximum atomic E-state index is 12.0. The third-order valence-corrected chi connectivity index (χ3v) is 5.41. The quantitative estimate of drug-likeness (QED) is 0.781. The largest absolute Gasteiger partial charge is 0.469 e. The lowest BCUT2D eigenvalue weighted by Crippen LogP contribution is -2.56. The van der Waals surface area contributed by atoms with Crippen LogP contribution in [0.2, 0.25) is 5.02 Å². The molecule has 1 fully saturated rings. The zero-order chi connectivity index (χ0) is 19.7. The van der Waals surface area contributed by atoms with Gasteiger partial charge in [-0.2, -0.15) is 0 Å². The molecule has 0 amide bonds. The molecule has 2 atom stereocenters. The van der Waals surface area contributed by atoms with Crippen molar-refractivity contribution in [3.05, 3.63) is 53.1 Å². The highest BCUT2D eigenvalue weighted by Crippen LogP contribution is 2.39. The minimum absolute atomic E-state index is 0.0286. The zero-order valence-electron chi connectivity index (χ0n) is 15.8. The summed E-state index contributed by atoms with van der Waals surface area (Å²) in [6, 6.07) is 13.3. The van der Waals surface area contributed by atoms with Crippen molar-refractivity contribution in [2.45, 2.75) is 13.0 Å². The lowest BCUT2D eigenvalue weighted by molar-refractivity contribution is -0.146. The molecule has 2 heterocycles. The van der Waals surface area contributed by atoms with Crippen molar-refractivity contribution >= 4 is 29.1 Å². The molecule has 0 aromatic heterocycles. The number of carbonyl (C=O) groups is 1. The van der Waals surface area contributed by atoms with E-state index in [-0.39, 0.29) is 17.9 Å². The van der Waals surface area contributed by atoms with Gasteiger partial charge in [-0.25, -0.2) is 4.99 Å². The number of fused-ring (bicyclic) bond motifs is 2. The number of carbonyl (C=O) groups excluding carboxylic acids is 1. The van der Waals surface area contributed by atoms with E-state index in [0.29, 0.717) is 23.0 Å². The molecule has 146 valence electrons. The van der Waals surface area contributed by atoms with E-state index in [1.165, 1.54) is 7.11 Å². The number of aliphatic imine (C=N–C) groups is 1. The Labute approximate surface area is 169 Å². The number of amidine groups is 1. The number of nitrogens with zero attached hydrogens (tertiary/aromatic N) is 2. The summed E-state index contributed by atoms with van der Waals surface area (Å²) in [4.78, 5) is 19.1. The number of ether oxygens (including phenoxy) is 2. The number of esters is 1. The highest BCUT2D eigenvalue weighted by molar-refractivity contribution is 6.31. The van der Waals surface area contributed by atoms with Gasteiger partial charge in [-0.3, -0.25) is 4.79 Å². The van der Waals surface area contributed by atoms with Crippen LogP contribution >= 0.6 is 11.6 Å². The third-order valence-electron chi connectivity index (χ3n) is 5.18. The average Bonchev–Trinajstić information content (AvgIpc) is 2.89. The molecule has 0 bridgehead atoms. The molecule has 2 aromatic carbocycles. The van der Waals surface area contributed by atoms with Crippen molar-refractivity contribution in [2.24, 2.45) is 10.9 Å². The molecule has 2 aliphatic rings. The maximum absolute atomic E-state index is 12.0. The molecule has 0 radical (unpaired) electrons. The van der Waals surface area contributed by atoms with Gasteiger partial charge in [-0.15, -0.1) is 0 Å². The van der Waals surface area contributed by atoms with E-state index in [0.717, 1.165) is 30.2 Å². The van der Waals surface area contributed by atoms with Crippen LogP contribution in [0, 0.1) is 5.92 Å². The van der Waals surface area contributed by atoms with Gasteiger partial charge in [-0.05, 0) is 30.3 Å². The molecule has 2 aromatic rings. The van der Waals surface area contributed by atoms with Crippen molar-refractivity contribution < 1.29 is 14.3 Å². The van der Waals surface area contributed by atoms with E-state index in [9.17, 15) is 4.79 Å². The fraction of sp³-hybridized carbons (Fsp3) is 0.333. The van der Waals surface area contributed by atoms with Crippen molar-refractivity contribution in [3.8, 4) is 11.5 Å². The predicted molar refractivity (Wildman–Crippen MR) is 109 cm³/mol. The Morgan fingerprint density at radius 3 is 2.96 bits per heavy atom. The highest BCUT2D eigenvalue weighted by Gasteiger charge is 2.32. The molecule has 0 spiro atoms. The van der Waals surface area contributed by atoms with Gasteiger partial charge in [0, 0.05) is 30.7 Å². The number of halogens is 1. The van der Waals surface area contributed by atoms with Crippen LogP contribution in [0.5, 0.6) is 11.5 Å². The molecule has 4 rings (SSSR count). The number of rotatable bonds is 2. The van der Waals surface area contributed by atoms with E-state index < -0.39 is 0 Å². The number of hydrogen-bond donors (Lipinski definition) is 1. The maximum Gasteiger partial charge on any atom is 0.310 e. The van der Waals surface area contributed by atoms with Crippen molar-refractivity contribution in [1.29, 1.82) is 0 Å². The molecule has 28 heavy (non-hydrogen) atoms. The minimum Gasteiger partial charge on any atom is -0.469 e. The normalized spacial score (nSPS) is 19.5. The van der Waals surface area contributed by atoms with Crippen LogP contribution in [-0.2, 0) is 9.53 Å². The summed E-state index contributed by atoms with van der Waals surface area (Å²) in [5.74, 6) is 1.76. The minimum atomic E-state index is -0.257. The Hall–Kier alpha value is -2.57. The smallest absolute Gasteiger partial charge is 0.310 e. The molecule has 7 heteroatoms. The first kappa shape index (κ1) is 18.8. The number of methoxy groups -OCH3 is 1. The van der Waals surface area contributed by atoms with Crippen molar-refractivity contribution in [3.63, 3.8) is 0 Å². The SMILES string of the molecule is COC(=O)C(C)C1CN(C2=Nc3cc(Cl)ccc3Oc3ccccc32)CCN1. The molecular weight excluding hydrogens is 378 g/mol. The van der Waals surface area contributed by atoms with Gasteiger partial charge in [0.15, 0.2) is 5.75 Å². The topological polar surface area (TPSA) is 63.2 Å². The Kier molecular flexibility index (Phi) is 5.24. The second kappa shape index (κ2) is 7.81. The van der Waals surface area contributed by atoms with E-state index in [4.69, 9.17) is 26.1 Å². The molecule has 2 aliphatic heterocycles. The number of hydrogen-bond acceptors (Lipinski definition) is 6. The van der Waals surface area contributed by atoms with Gasteiger partial charge < -0.3 is 19.7 Å². The van der Waals surface area contributed by atoms with Gasteiger partial charge in [-0.1, -0.05) is 30.7 Å². The fourth-order valence-electron chi connectivity index (χ4n) is 3.59. The lowest BCUT2D eigenvalue weighted by Gasteiger charge is -2.37. The Bertz CT molecular complexity index is 931. The summed E-state index contributed by atoms with van der Waals surface area (Å²) < 4.78 is 11.0. The van der Waals surface area contributed by atoms with E-state index in [1.807, 2.05) is 37.3 Å². The zero-order valence-corrected chi connectivity index (χ0v) is 16.6. The van der Waals surface area contributed by atoms with E-state index in [2.05, 4.69) is 10.2 Å². The van der Waals surface area contributed by atoms with Crippen LogP contribution in [0.15, 0.2) is 47.5 Å². The van der Waals surface area contributed by atoms with Crippen LogP contribution < -0.4 is 10.1 Å². The van der Waals surface area contributed by atoms with Crippen LogP contribution in [0.1, 0.15) is 12.5 Å². The van der Waals surface area contributed by atoms with Crippen molar-refractivity contribution in [1.82, 2.24) is 10.2 Å². The summed E-state index contributed by atoms with van der Waals surface area (Å²) in [7, 11) is 1.42. The Morgan fingerprint density at radius 2 is 2.14 bits per heavy atom. The summed E-state index contributed by atoms with van der Waals surface area (Å²) in [5.41, 5.74) is 1.61. The lowest BCUT2D eigenvalue weighted by atomic mass is 9.99. The highest BCUT2D eigenvalue weighted by atomic mass is 35.5. The van der Waals surface area contributed by atoms with Crippen LogP contribution in [0.3, 0.4) is 0 Å². The summed E-state index contributed by atoms with van der Waals surface area (Å²) in [6.07, 6.45) is 0. The molecule has 0 saturated carbocycles. The van der Waals surface area contributed by atoms with Gasteiger partial charge in [0.05, 0.1) is 18.6 Å². The van der Waals surface area contributed by atoms with Gasteiger partial charge >= 0.3 is 5.97 Å². The third kappa shape index (κ3) is 3.57. The second-order valence-corrected chi connectivity index (χ2v) is 7.40. The molecule has 1 saturated heterocycles. The van der Waals surface area contributed by atoms with Crippen LogP contribution in [0.4, 0.5) is 5.69 Å². The number of para-hydroxylation sites is 1. The predicted octanol–water partition coefficient (Wildman–Crippen LogP) is 3.61. The monoisotopic (exact) mass is 399 g/mol. The molecular formula is C21H22ClN3O3. The molecule has 0 aliphatic carbocycles. The number of benzene rings is 2. The fourth-order valence-corrected chi connectivity index (χ4v) is 3.76. The molecule has 1 N–H and O–H groups in total. The van der Waals surface area contributed by atoms with E-state index in [1.54, 1.807) is 12.1 Å². The van der Waals surface area contributed by atoms with Gasteiger partial charge in [0.1, 0.15) is 17.3 Å². The van der Waals surface area contributed by atoms with Crippen molar-refractivity contribution in [2.75, 3.05) is 26.7 Å². The first-order chi connectivity index (χ1) is 13.6. The Morgan fingerprint density at radius 1 is 1.32 bits per heavy atom.